The number of fused-ring (bicyclic) bond motifs is 2. The first-order valence-electron chi connectivity index (χ1n) is 13.4. The van der Waals surface area contributed by atoms with E-state index in [2.05, 4.69) is 10.4 Å². The van der Waals surface area contributed by atoms with Crippen LogP contribution in [0.15, 0.2) is 108 Å². The van der Waals surface area contributed by atoms with E-state index in [-0.39, 0.29) is 22.9 Å². The van der Waals surface area contributed by atoms with Gasteiger partial charge in [0.2, 0.25) is 0 Å². The molecule has 1 amide bonds. The van der Waals surface area contributed by atoms with Crippen molar-refractivity contribution in [2.45, 2.75) is 18.0 Å². The van der Waals surface area contributed by atoms with Gasteiger partial charge >= 0.3 is 5.97 Å². The van der Waals surface area contributed by atoms with E-state index in [0.717, 1.165) is 28.4 Å². The van der Waals surface area contributed by atoms with Gasteiger partial charge in [-0.25, -0.2) is 13.2 Å². The Labute approximate surface area is 247 Å². The molecule has 0 aliphatic carbocycles. The van der Waals surface area contributed by atoms with E-state index in [1.165, 1.54) is 18.2 Å². The molecule has 2 heterocycles. The summed E-state index contributed by atoms with van der Waals surface area (Å²) in [5, 5.41) is 18.4. The summed E-state index contributed by atoms with van der Waals surface area (Å²) in [7, 11) is -3.44. The maximum Gasteiger partial charge on any atom is 0.335 e. The molecule has 9 nitrogen and oxygen atoms in total. The van der Waals surface area contributed by atoms with E-state index in [1.54, 1.807) is 47.3 Å². The highest BCUT2D eigenvalue weighted by molar-refractivity contribution is 7.90. The van der Waals surface area contributed by atoms with Crippen LogP contribution >= 0.6 is 0 Å². The number of carboxylic acids is 1. The minimum atomic E-state index is -3.44. The summed E-state index contributed by atoms with van der Waals surface area (Å²) >= 11 is 0. The van der Waals surface area contributed by atoms with Crippen LogP contribution in [0.4, 0.5) is 0 Å². The third-order valence-corrected chi connectivity index (χ3v) is 8.31. The van der Waals surface area contributed by atoms with E-state index < -0.39 is 15.8 Å². The summed E-state index contributed by atoms with van der Waals surface area (Å²) in [5.41, 5.74) is 4.81. The number of carboxylic acid groups (broad SMARTS) is 1. The molecule has 0 radical (unpaired) electrons. The lowest BCUT2D eigenvalue weighted by atomic mass is 9.99. The van der Waals surface area contributed by atoms with Gasteiger partial charge in [-0.2, -0.15) is 5.10 Å². The van der Waals surface area contributed by atoms with Crippen LogP contribution in [-0.4, -0.2) is 46.4 Å². The van der Waals surface area contributed by atoms with E-state index in [4.69, 9.17) is 4.98 Å². The fraction of sp³-hybridized carbons (Fsp3) is 0.0909. The lowest BCUT2D eigenvalue weighted by molar-refractivity contribution is 0.0696. The zero-order valence-electron chi connectivity index (χ0n) is 23.1. The van der Waals surface area contributed by atoms with E-state index in [0.29, 0.717) is 34.1 Å². The number of nitrogens with zero attached hydrogens (tertiary/aromatic N) is 3. The number of para-hydroxylation sites is 1. The highest BCUT2D eigenvalue weighted by Gasteiger charge is 2.19. The number of amides is 1. The molecule has 6 rings (SSSR count). The molecule has 4 aromatic carbocycles. The number of aromatic carboxylic acids is 1. The number of carbonyl (C=O) groups is 2. The minimum absolute atomic E-state index is 0.159. The Morgan fingerprint density at radius 1 is 0.860 bits per heavy atom. The van der Waals surface area contributed by atoms with Crippen LogP contribution in [0, 0.1) is 0 Å². The number of pyridine rings is 1. The summed E-state index contributed by atoms with van der Waals surface area (Å²) < 4.78 is 26.2. The van der Waals surface area contributed by atoms with Gasteiger partial charge in [0.1, 0.15) is 0 Å². The molecule has 2 N–H and O–H groups in total. The Hall–Kier alpha value is -5.35. The number of carbonyl (C=O) groups excluding carboxylic acids is 1. The predicted molar refractivity (Wildman–Crippen MR) is 164 cm³/mol. The van der Waals surface area contributed by atoms with Gasteiger partial charge < -0.3 is 10.4 Å². The normalized spacial score (nSPS) is 11.6. The van der Waals surface area contributed by atoms with Crippen LogP contribution in [0.3, 0.4) is 0 Å². The van der Waals surface area contributed by atoms with E-state index in [9.17, 15) is 23.1 Å². The van der Waals surface area contributed by atoms with Gasteiger partial charge in [-0.3, -0.25) is 14.5 Å². The topological polar surface area (TPSA) is 131 Å². The van der Waals surface area contributed by atoms with Crippen LogP contribution in [0.2, 0.25) is 0 Å². The van der Waals surface area contributed by atoms with Crippen LogP contribution in [0.25, 0.3) is 32.9 Å². The number of hydrogen-bond donors (Lipinski definition) is 2. The maximum atomic E-state index is 13.7. The van der Waals surface area contributed by atoms with Crippen molar-refractivity contribution in [1.29, 1.82) is 0 Å². The monoisotopic (exact) mass is 590 g/mol. The maximum absolute atomic E-state index is 13.7. The highest BCUT2D eigenvalue weighted by atomic mass is 32.2. The highest BCUT2D eigenvalue weighted by Crippen LogP contribution is 2.30. The molecule has 0 bridgehead atoms. The third kappa shape index (κ3) is 5.86. The lowest BCUT2D eigenvalue weighted by Crippen LogP contribution is -2.24. The van der Waals surface area contributed by atoms with Crippen LogP contribution in [0.5, 0.6) is 0 Å². The van der Waals surface area contributed by atoms with E-state index in [1.807, 2.05) is 42.5 Å². The summed E-state index contributed by atoms with van der Waals surface area (Å²) in [5.74, 6) is -1.38. The molecular formula is C33H26N4O5S. The van der Waals surface area contributed by atoms with Gasteiger partial charge in [0, 0.05) is 23.6 Å². The first-order chi connectivity index (χ1) is 20.7. The second kappa shape index (κ2) is 11.1. The number of hydrogen-bond acceptors (Lipinski definition) is 6. The Bertz CT molecular complexity index is 2140. The SMILES string of the molecule is CS(=O)(=O)c1cccc(-c2cc(C(=O)NCc3ccc(C(=O)O)cc3)c3c(cnn3Cc3ccc4ccccc4n3)c2)c1. The van der Waals surface area contributed by atoms with E-state index >= 15 is 0 Å². The van der Waals surface area contributed by atoms with Crippen molar-refractivity contribution in [3.63, 3.8) is 0 Å². The van der Waals surface area contributed by atoms with Crippen LogP contribution < -0.4 is 5.32 Å². The molecule has 6 aromatic rings. The third-order valence-electron chi connectivity index (χ3n) is 7.20. The zero-order chi connectivity index (χ0) is 30.1. The van der Waals surface area contributed by atoms with Gasteiger partial charge in [0.25, 0.3) is 5.91 Å². The molecule has 0 saturated carbocycles. The standard InChI is InChI=1S/C33H26N4O5S/c1-43(41,42)28-7-4-6-24(16-28)25-15-26-19-35-37(20-27-14-13-22-5-2-3-8-30(22)36-27)31(26)29(17-25)32(38)34-18-21-9-11-23(12-10-21)33(39)40/h2-17,19H,18,20H2,1H3,(H,34,38)(H,39,40). The van der Waals surface area contributed by atoms with Gasteiger partial charge in [-0.05, 0) is 65.2 Å². The Kier molecular flexibility index (Phi) is 7.21. The van der Waals surface area contributed by atoms with Crippen molar-refractivity contribution < 1.29 is 23.1 Å². The Morgan fingerprint density at radius 3 is 2.42 bits per heavy atom. The molecule has 0 aliphatic heterocycles. The fourth-order valence-corrected chi connectivity index (χ4v) is 5.66. The summed E-state index contributed by atoms with van der Waals surface area (Å²) in [6, 6.07) is 28.3. The van der Waals surface area contributed by atoms with Gasteiger partial charge in [-0.15, -0.1) is 0 Å². The van der Waals surface area contributed by atoms with Gasteiger partial charge in [-0.1, -0.05) is 48.5 Å². The Balaban J connectivity index is 1.40. The predicted octanol–water partition coefficient (Wildman–Crippen LogP) is 5.33. The molecule has 0 unspecified atom stereocenters. The molecule has 0 fully saturated rings. The van der Waals surface area contributed by atoms with Gasteiger partial charge in [0.05, 0.1) is 45.5 Å². The molecule has 0 saturated heterocycles. The fourth-order valence-electron chi connectivity index (χ4n) is 4.99. The van der Waals surface area contributed by atoms with Crippen molar-refractivity contribution in [3.8, 4) is 11.1 Å². The minimum Gasteiger partial charge on any atom is -0.478 e. The van der Waals surface area contributed by atoms with Crippen molar-refractivity contribution in [2.75, 3.05) is 6.26 Å². The van der Waals surface area contributed by atoms with Crippen molar-refractivity contribution in [3.05, 3.63) is 126 Å². The molecule has 0 atom stereocenters. The summed E-state index contributed by atoms with van der Waals surface area (Å²) in [4.78, 5) is 29.9. The summed E-state index contributed by atoms with van der Waals surface area (Å²) in [6.07, 6.45) is 2.84. The number of sulfone groups is 1. The number of aromatic nitrogens is 3. The number of benzene rings is 4. The second-order valence-electron chi connectivity index (χ2n) is 10.2. The molecule has 0 aliphatic rings. The largest absolute Gasteiger partial charge is 0.478 e. The molecular weight excluding hydrogens is 564 g/mol. The van der Waals surface area contributed by atoms with Crippen LogP contribution in [0.1, 0.15) is 32.0 Å². The van der Waals surface area contributed by atoms with Gasteiger partial charge in [0.15, 0.2) is 9.84 Å². The quantitative estimate of drug-likeness (QED) is 0.245. The second-order valence-corrected chi connectivity index (χ2v) is 12.3. The molecule has 43 heavy (non-hydrogen) atoms. The molecule has 10 heteroatoms. The summed E-state index contributed by atoms with van der Waals surface area (Å²) in [6.45, 7) is 0.503. The van der Waals surface area contributed by atoms with Crippen molar-refractivity contribution in [2.24, 2.45) is 0 Å². The zero-order valence-corrected chi connectivity index (χ0v) is 23.9. The smallest absolute Gasteiger partial charge is 0.335 e. The molecule has 0 spiro atoms. The first-order valence-corrected chi connectivity index (χ1v) is 15.3. The first kappa shape index (κ1) is 27.8. The molecule has 2 aromatic heterocycles. The average Bonchev–Trinajstić information content (AvgIpc) is 3.41. The lowest BCUT2D eigenvalue weighted by Gasteiger charge is -2.13. The Morgan fingerprint density at radius 2 is 1.65 bits per heavy atom. The number of nitrogens with one attached hydrogen (secondary N) is 1. The van der Waals surface area contributed by atoms with Crippen LogP contribution in [-0.2, 0) is 22.9 Å². The number of rotatable bonds is 8. The average molecular weight is 591 g/mol. The van der Waals surface area contributed by atoms with Crippen molar-refractivity contribution in [1.82, 2.24) is 20.1 Å². The van der Waals surface area contributed by atoms with Crippen molar-refractivity contribution >= 4 is 43.5 Å². The molecule has 214 valence electrons.